The van der Waals surface area contributed by atoms with Gasteiger partial charge in [-0.15, -0.1) is 0 Å². The van der Waals surface area contributed by atoms with E-state index in [2.05, 4.69) is 10.9 Å². The zero-order valence-corrected chi connectivity index (χ0v) is 16.6. The van der Waals surface area contributed by atoms with Crippen molar-refractivity contribution in [2.75, 3.05) is 12.0 Å². The fourth-order valence-electron chi connectivity index (χ4n) is 3.19. The lowest BCUT2D eigenvalue weighted by Gasteiger charge is -2.23. The molecule has 1 unspecified atom stereocenters. The van der Waals surface area contributed by atoms with Crippen molar-refractivity contribution in [2.45, 2.75) is 30.0 Å². The second kappa shape index (κ2) is 8.51. The topological polar surface area (TPSA) is 122 Å². The van der Waals surface area contributed by atoms with E-state index in [0.717, 1.165) is 10.4 Å². The number of alkyl halides is 3. The molecule has 0 aromatic heterocycles. The first kappa shape index (κ1) is 22.5. The Hall–Kier alpha value is -3.19. The number of sulfonamides is 1. The molecular formula is C18H17F3N4O5S. The summed E-state index contributed by atoms with van der Waals surface area (Å²) in [6.07, 6.45) is -4.14. The van der Waals surface area contributed by atoms with Gasteiger partial charge in [0.15, 0.2) is 0 Å². The number of nitrogens with zero attached hydrogens (tertiary/aromatic N) is 2. The van der Waals surface area contributed by atoms with Crippen LogP contribution in [0.25, 0.3) is 0 Å². The fourth-order valence-corrected chi connectivity index (χ4v) is 4.87. The Bertz CT molecular complexity index is 1090. The molecule has 2 N–H and O–H groups in total. The van der Waals surface area contributed by atoms with Crippen LogP contribution in [0.4, 0.5) is 24.5 Å². The summed E-state index contributed by atoms with van der Waals surface area (Å²) in [5.74, 6) is -0.786. The van der Waals surface area contributed by atoms with Gasteiger partial charge in [-0.25, -0.2) is 8.42 Å². The maximum Gasteiger partial charge on any atom is 0.416 e. The van der Waals surface area contributed by atoms with Crippen LogP contribution in [0.3, 0.4) is 0 Å². The third kappa shape index (κ3) is 4.77. The molecule has 0 saturated carbocycles. The van der Waals surface area contributed by atoms with Gasteiger partial charge in [-0.3, -0.25) is 25.8 Å². The lowest BCUT2D eigenvalue weighted by Crippen LogP contribution is -2.47. The average Bonchev–Trinajstić information content (AvgIpc) is 3.22. The Morgan fingerprint density at radius 3 is 2.45 bits per heavy atom. The fraction of sp³-hybridized carbons (Fsp3) is 0.278. The normalized spacial score (nSPS) is 17.3. The standard InChI is InChI=1S/C18H17F3N4O5S/c19-18(20,21)12-8-9-14(16(11-12)25(27)28)22-23-17(26)15-7-4-10-24(15)31(29,30)13-5-2-1-3-6-13/h1-3,5-6,8-9,11,15,22H,4,7,10H2,(H,23,26). The molecule has 0 spiro atoms. The number of halogens is 3. The molecule has 1 amide bonds. The van der Waals surface area contributed by atoms with Gasteiger partial charge >= 0.3 is 6.18 Å². The Labute approximate surface area is 175 Å². The number of amides is 1. The molecule has 0 aliphatic carbocycles. The number of rotatable bonds is 6. The molecule has 1 aliphatic rings. The van der Waals surface area contributed by atoms with Crippen molar-refractivity contribution in [3.8, 4) is 0 Å². The molecule has 166 valence electrons. The molecule has 2 aromatic rings. The first-order chi connectivity index (χ1) is 14.5. The molecule has 1 heterocycles. The number of nitro groups is 1. The van der Waals surface area contributed by atoms with Crippen LogP contribution in [0.5, 0.6) is 0 Å². The van der Waals surface area contributed by atoms with Crippen LogP contribution in [0.1, 0.15) is 18.4 Å². The summed E-state index contributed by atoms with van der Waals surface area (Å²) >= 11 is 0. The molecule has 3 rings (SSSR count). The van der Waals surface area contributed by atoms with E-state index in [1.54, 1.807) is 18.2 Å². The second-order valence-corrected chi connectivity index (χ2v) is 8.58. The molecule has 2 aromatic carbocycles. The third-order valence-electron chi connectivity index (χ3n) is 4.70. The maximum absolute atomic E-state index is 12.8. The van der Waals surface area contributed by atoms with Gasteiger partial charge < -0.3 is 0 Å². The monoisotopic (exact) mass is 458 g/mol. The number of hydrazine groups is 1. The maximum atomic E-state index is 12.8. The van der Waals surface area contributed by atoms with E-state index >= 15 is 0 Å². The minimum absolute atomic E-state index is 0.0148. The Morgan fingerprint density at radius 1 is 1.16 bits per heavy atom. The van der Waals surface area contributed by atoms with Gasteiger partial charge in [0.1, 0.15) is 11.7 Å². The number of nitrogens with one attached hydrogen (secondary N) is 2. The highest BCUT2D eigenvalue weighted by Gasteiger charge is 2.39. The molecule has 1 aliphatic heterocycles. The van der Waals surface area contributed by atoms with Crippen LogP contribution >= 0.6 is 0 Å². The zero-order chi connectivity index (χ0) is 22.8. The summed E-state index contributed by atoms with van der Waals surface area (Å²) in [6, 6.07) is 8.24. The highest BCUT2D eigenvalue weighted by Crippen LogP contribution is 2.35. The van der Waals surface area contributed by atoms with Crippen molar-refractivity contribution >= 4 is 27.3 Å². The van der Waals surface area contributed by atoms with E-state index < -0.39 is 44.3 Å². The Morgan fingerprint density at radius 2 is 1.84 bits per heavy atom. The molecule has 1 fully saturated rings. The Kier molecular flexibility index (Phi) is 6.18. The predicted molar refractivity (Wildman–Crippen MR) is 103 cm³/mol. The molecule has 0 radical (unpaired) electrons. The molecule has 1 atom stereocenters. The van der Waals surface area contributed by atoms with Gasteiger partial charge in [0.05, 0.1) is 15.4 Å². The van der Waals surface area contributed by atoms with E-state index in [-0.39, 0.29) is 23.5 Å². The zero-order valence-electron chi connectivity index (χ0n) is 15.8. The van der Waals surface area contributed by atoms with E-state index in [0.29, 0.717) is 18.6 Å². The summed E-state index contributed by atoms with van der Waals surface area (Å²) in [5.41, 5.74) is 1.92. The molecule has 9 nitrogen and oxygen atoms in total. The molecule has 31 heavy (non-hydrogen) atoms. The van der Waals surface area contributed by atoms with Crippen molar-refractivity contribution < 1.29 is 31.3 Å². The van der Waals surface area contributed by atoms with Crippen LogP contribution in [0.15, 0.2) is 53.4 Å². The lowest BCUT2D eigenvalue weighted by atomic mass is 10.1. The third-order valence-corrected chi connectivity index (χ3v) is 6.62. The quantitative estimate of drug-likeness (QED) is 0.507. The van der Waals surface area contributed by atoms with Gasteiger partial charge in [0, 0.05) is 12.6 Å². The summed E-state index contributed by atoms with van der Waals surface area (Å²) < 4.78 is 65.1. The predicted octanol–water partition coefficient (Wildman–Crippen LogP) is 2.91. The van der Waals surface area contributed by atoms with E-state index in [1.165, 1.54) is 12.1 Å². The molecule has 13 heteroatoms. The smallest absolute Gasteiger partial charge is 0.292 e. The molecule has 0 bridgehead atoms. The number of benzene rings is 2. The number of hydrogen-bond acceptors (Lipinski definition) is 6. The second-order valence-electron chi connectivity index (χ2n) is 6.69. The number of carbonyl (C=O) groups is 1. The van der Waals surface area contributed by atoms with E-state index in [9.17, 15) is 36.5 Å². The summed E-state index contributed by atoms with van der Waals surface area (Å²) in [6.45, 7) is 0.107. The minimum atomic E-state index is -4.78. The summed E-state index contributed by atoms with van der Waals surface area (Å²) in [5, 5.41) is 11.1. The first-order valence-corrected chi connectivity index (χ1v) is 10.4. The number of anilines is 1. The minimum Gasteiger partial charge on any atom is -0.292 e. The average molecular weight is 458 g/mol. The summed E-state index contributed by atoms with van der Waals surface area (Å²) in [7, 11) is -3.95. The van der Waals surface area contributed by atoms with Crippen LogP contribution < -0.4 is 10.9 Å². The highest BCUT2D eigenvalue weighted by atomic mass is 32.2. The molecular weight excluding hydrogens is 441 g/mol. The van der Waals surface area contributed by atoms with Crippen molar-refractivity contribution in [2.24, 2.45) is 0 Å². The van der Waals surface area contributed by atoms with Crippen molar-refractivity contribution in [3.63, 3.8) is 0 Å². The molecule has 1 saturated heterocycles. The van der Waals surface area contributed by atoms with Crippen LogP contribution in [-0.2, 0) is 21.0 Å². The van der Waals surface area contributed by atoms with Gasteiger partial charge in [0.2, 0.25) is 10.0 Å². The number of nitro benzene ring substituents is 1. The van der Waals surface area contributed by atoms with Gasteiger partial charge in [0.25, 0.3) is 11.6 Å². The van der Waals surface area contributed by atoms with Crippen LogP contribution in [-0.4, -0.2) is 36.1 Å². The van der Waals surface area contributed by atoms with Crippen molar-refractivity contribution in [1.82, 2.24) is 9.73 Å². The van der Waals surface area contributed by atoms with Gasteiger partial charge in [-0.2, -0.15) is 17.5 Å². The SMILES string of the molecule is O=C(NNc1ccc(C(F)(F)F)cc1[N+](=O)[O-])C1CCCN1S(=O)(=O)c1ccccc1. The van der Waals surface area contributed by atoms with E-state index in [4.69, 9.17) is 0 Å². The largest absolute Gasteiger partial charge is 0.416 e. The Balaban J connectivity index is 1.77. The van der Waals surface area contributed by atoms with E-state index in [1.807, 2.05) is 0 Å². The van der Waals surface area contributed by atoms with Gasteiger partial charge in [-0.1, -0.05) is 18.2 Å². The summed E-state index contributed by atoms with van der Waals surface area (Å²) in [4.78, 5) is 22.7. The highest BCUT2D eigenvalue weighted by molar-refractivity contribution is 7.89. The number of hydrogen-bond donors (Lipinski definition) is 2. The van der Waals surface area contributed by atoms with Crippen LogP contribution in [0.2, 0.25) is 0 Å². The van der Waals surface area contributed by atoms with Crippen molar-refractivity contribution in [3.05, 3.63) is 64.2 Å². The lowest BCUT2D eigenvalue weighted by molar-refractivity contribution is -0.384. The number of carbonyl (C=O) groups excluding carboxylic acids is 1. The van der Waals surface area contributed by atoms with Crippen molar-refractivity contribution in [1.29, 1.82) is 0 Å². The van der Waals surface area contributed by atoms with Gasteiger partial charge in [-0.05, 0) is 37.1 Å². The van der Waals surface area contributed by atoms with Crippen LogP contribution in [0, 0.1) is 10.1 Å². The first-order valence-electron chi connectivity index (χ1n) is 9.00.